The number of nitrogens with zero attached hydrogens (tertiary/aromatic N) is 3. The van der Waals surface area contributed by atoms with Gasteiger partial charge in [-0.3, -0.25) is 0 Å². The van der Waals surface area contributed by atoms with Gasteiger partial charge in [0.2, 0.25) is 5.82 Å². The number of hydrogen-bond acceptors (Lipinski definition) is 5. The highest BCUT2D eigenvalue weighted by atomic mass is 35.5. The third-order valence-corrected chi connectivity index (χ3v) is 4.87. The molecule has 1 heterocycles. The van der Waals surface area contributed by atoms with Gasteiger partial charge in [0.1, 0.15) is 11.9 Å². The van der Waals surface area contributed by atoms with E-state index in [-0.39, 0.29) is 5.82 Å². The molecule has 0 atom stereocenters. The highest BCUT2D eigenvalue weighted by Crippen LogP contribution is 2.26. The number of anilines is 3. The fourth-order valence-corrected chi connectivity index (χ4v) is 3.33. The lowest BCUT2D eigenvalue weighted by Gasteiger charge is -2.12. The molecule has 142 valence electrons. The van der Waals surface area contributed by atoms with Crippen LogP contribution in [-0.2, 0) is 6.42 Å². The minimum Gasteiger partial charge on any atom is -0.369 e. The first-order valence-corrected chi connectivity index (χ1v) is 9.62. The second-order valence-corrected chi connectivity index (χ2v) is 6.91. The van der Waals surface area contributed by atoms with E-state index in [1.807, 2.05) is 78.9 Å². The topological polar surface area (TPSA) is 73.6 Å². The zero-order valence-electron chi connectivity index (χ0n) is 15.6. The molecule has 5 nitrogen and oxygen atoms in total. The number of nitrogens with one attached hydrogen (secondary N) is 2. The number of nitriles is 1. The lowest BCUT2D eigenvalue weighted by Crippen LogP contribution is -2.08. The summed E-state index contributed by atoms with van der Waals surface area (Å²) in [4.78, 5) is 8.70. The Labute approximate surface area is 174 Å². The van der Waals surface area contributed by atoms with Gasteiger partial charge in [-0.2, -0.15) is 5.26 Å². The predicted octanol–water partition coefficient (Wildman–Crippen LogP) is 5.55. The first-order chi connectivity index (χ1) is 14.2. The Morgan fingerprint density at radius 2 is 1.69 bits per heavy atom. The molecular weight excluding hydrogens is 382 g/mol. The third-order valence-electron chi connectivity index (χ3n) is 4.50. The molecule has 2 N–H and O–H groups in total. The summed E-state index contributed by atoms with van der Waals surface area (Å²) in [6.07, 6.45) is 0.745. The standard InChI is InChI=1S/C23H18ClN5/c24-20-9-5-4-6-16(20)12-13-26-23-19-14-18(27-17-7-2-1-3-8-17)10-11-21(19)28-22(15-25)29-23/h1-11,14,27H,12-13H2,(H,26,28,29). The van der Waals surface area contributed by atoms with E-state index in [0.29, 0.717) is 12.4 Å². The molecule has 4 rings (SSSR count). The lowest BCUT2D eigenvalue weighted by molar-refractivity contribution is 1.00. The average Bonchev–Trinajstić information content (AvgIpc) is 2.76. The SMILES string of the molecule is N#Cc1nc(NCCc2ccccc2Cl)c2cc(Nc3ccccc3)ccc2n1. The molecule has 6 heteroatoms. The van der Waals surface area contributed by atoms with E-state index in [0.717, 1.165) is 39.3 Å². The van der Waals surface area contributed by atoms with Crippen molar-refractivity contribution in [2.24, 2.45) is 0 Å². The molecule has 0 fully saturated rings. The minimum atomic E-state index is 0.140. The zero-order valence-corrected chi connectivity index (χ0v) is 16.3. The van der Waals surface area contributed by atoms with Crippen LogP contribution < -0.4 is 10.6 Å². The number of benzene rings is 3. The summed E-state index contributed by atoms with van der Waals surface area (Å²) in [5.74, 6) is 0.775. The first-order valence-electron chi connectivity index (χ1n) is 9.24. The molecule has 0 aliphatic heterocycles. The summed E-state index contributed by atoms with van der Waals surface area (Å²) >= 11 is 6.24. The number of rotatable bonds is 6. The van der Waals surface area contributed by atoms with E-state index in [9.17, 15) is 5.26 Å². The van der Waals surface area contributed by atoms with Crippen LogP contribution in [0.15, 0.2) is 72.8 Å². The second-order valence-electron chi connectivity index (χ2n) is 6.50. The Kier molecular flexibility index (Phi) is 5.55. The normalized spacial score (nSPS) is 10.5. The van der Waals surface area contributed by atoms with Gasteiger partial charge in [0.15, 0.2) is 0 Å². The van der Waals surface area contributed by atoms with Crippen molar-refractivity contribution >= 4 is 39.7 Å². The molecule has 29 heavy (non-hydrogen) atoms. The zero-order chi connectivity index (χ0) is 20.1. The van der Waals surface area contributed by atoms with Crippen LogP contribution >= 0.6 is 11.6 Å². The van der Waals surface area contributed by atoms with Gasteiger partial charge in [0.25, 0.3) is 0 Å². The Bertz CT molecular complexity index is 1180. The molecule has 0 radical (unpaired) electrons. The van der Waals surface area contributed by atoms with Gasteiger partial charge < -0.3 is 10.6 Å². The van der Waals surface area contributed by atoms with E-state index in [1.165, 1.54) is 0 Å². The monoisotopic (exact) mass is 399 g/mol. The Balaban J connectivity index is 1.61. The van der Waals surface area contributed by atoms with Crippen LogP contribution in [0.25, 0.3) is 10.9 Å². The van der Waals surface area contributed by atoms with E-state index in [2.05, 4.69) is 20.6 Å². The number of aromatic nitrogens is 2. The number of fused-ring (bicyclic) bond motifs is 1. The van der Waals surface area contributed by atoms with E-state index >= 15 is 0 Å². The molecular formula is C23H18ClN5. The molecule has 3 aromatic carbocycles. The fraction of sp³-hybridized carbons (Fsp3) is 0.0870. The Hall–Kier alpha value is -3.62. The van der Waals surface area contributed by atoms with Crippen LogP contribution in [0, 0.1) is 11.3 Å². The predicted molar refractivity (Wildman–Crippen MR) is 118 cm³/mol. The van der Waals surface area contributed by atoms with Crippen molar-refractivity contribution in [1.82, 2.24) is 9.97 Å². The summed E-state index contributed by atoms with van der Waals surface area (Å²) in [6.45, 7) is 0.636. The first kappa shape index (κ1) is 18.7. The maximum absolute atomic E-state index is 9.28. The van der Waals surface area contributed by atoms with Crippen molar-refractivity contribution in [3.63, 3.8) is 0 Å². The number of para-hydroxylation sites is 1. The minimum absolute atomic E-state index is 0.140. The molecule has 0 unspecified atom stereocenters. The Morgan fingerprint density at radius 3 is 2.48 bits per heavy atom. The molecule has 1 aromatic heterocycles. The van der Waals surface area contributed by atoms with Gasteiger partial charge >= 0.3 is 0 Å². The van der Waals surface area contributed by atoms with Crippen molar-refractivity contribution in [2.45, 2.75) is 6.42 Å². The van der Waals surface area contributed by atoms with Gasteiger partial charge in [-0.25, -0.2) is 9.97 Å². The van der Waals surface area contributed by atoms with E-state index < -0.39 is 0 Å². The van der Waals surface area contributed by atoms with Gasteiger partial charge in [-0.1, -0.05) is 48.0 Å². The summed E-state index contributed by atoms with van der Waals surface area (Å²) in [7, 11) is 0. The van der Waals surface area contributed by atoms with Gasteiger partial charge in [-0.15, -0.1) is 0 Å². The van der Waals surface area contributed by atoms with Gasteiger partial charge in [0, 0.05) is 28.3 Å². The van der Waals surface area contributed by atoms with Crippen LogP contribution in [0.4, 0.5) is 17.2 Å². The molecule has 0 amide bonds. The second kappa shape index (κ2) is 8.59. The summed E-state index contributed by atoms with van der Waals surface area (Å²) < 4.78 is 0. The van der Waals surface area contributed by atoms with Crippen LogP contribution in [0.2, 0.25) is 5.02 Å². The molecule has 4 aromatic rings. The van der Waals surface area contributed by atoms with Crippen molar-refractivity contribution < 1.29 is 0 Å². The quantitative estimate of drug-likeness (QED) is 0.444. The molecule has 0 aliphatic rings. The van der Waals surface area contributed by atoms with Crippen molar-refractivity contribution in [2.75, 3.05) is 17.2 Å². The number of halogens is 1. The van der Waals surface area contributed by atoms with Crippen LogP contribution in [-0.4, -0.2) is 16.5 Å². The van der Waals surface area contributed by atoms with Crippen LogP contribution in [0.1, 0.15) is 11.4 Å². The summed E-state index contributed by atoms with van der Waals surface area (Å²) in [6, 6.07) is 25.6. The van der Waals surface area contributed by atoms with Crippen molar-refractivity contribution in [1.29, 1.82) is 5.26 Å². The highest BCUT2D eigenvalue weighted by Gasteiger charge is 2.09. The molecule has 0 aliphatic carbocycles. The molecule has 0 spiro atoms. The lowest BCUT2D eigenvalue weighted by atomic mass is 10.1. The maximum atomic E-state index is 9.28. The average molecular weight is 400 g/mol. The van der Waals surface area contributed by atoms with Gasteiger partial charge in [-0.05, 0) is 48.4 Å². The largest absolute Gasteiger partial charge is 0.369 e. The fourth-order valence-electron chi connectivity index (χ4n) is 3.10. The maximum Gasteiger partial charge on any atom is 0.234 e. The van der Waals surface area contributed by atoms with E-state index in [1.54, 1.807) is 0 Å². The van der Waals surface area contributed by atoms with Crippen LogP contribution in [0.3, 0.4) is 0 Å². The van der Waals surface area contributed by atoms with Crippen LogP contribution in [0.5, 0.6) is 0 Å². The third kappa shape index (κ3) is 4.45. The Morgan fingerprint density at radius 1 is 0.897 bits per heavy atom. The van der Waals surface area contributed by atoms with Crippen molar-refractivity contribution in [3.8, 4) is 6.07 Å². The smallest absolute Gasteiger partial charge is 0.234 e. The molecule has 0 saturated heterocycles. The summed E-state index contributed by atoms with van der Waals surface area (Å²) in [5.41, 5.74) is 3.70. The van der Waals surface area contributed by atoms with E-state index in [4.69, 9.17) is 11.6 Å². The highest BCUT2D eigenvalue weighted by molar-refractivity contribution is 6.31. The summed E-state index contributed by atoms with van der Waals surface area (Å²) in [5, 5.41) is 17.6. The van der Waals surface area contributed by atoms with Gasteiger partial charge in [0.05, 0.1) is 5.52 Å². The molecule has 0 bridgehead atoms. The molecule has 0 saturated carbocycles. The number of hydrogen-bond donors (Lipinski definition) is 2. The van der Waals surface area contributed by atoms with Crippen molar-refractivity contribution in [3.05, 3.63) is 89.2 Å².